The maximum Gasteiger partial charge on any atom is 0.0677 e. The van der Waals surface area contributed by atoms with Crippen molar-refractivity contribution in [1.82, 2.24) is 0 Å². The zero-order valence-corrected chi connectivity index (χ0v) is 5.18. The minimum Gasteiger partial charge on any atom is -0.197 e. The van der Waals surface area contributed by atoms with Crippen LogP contribution in [0, 0.1) is 0 Å². The average molecular weight is 100 g/mol. The molecule has 7 heavy (non-hydrogen) atoms. The Morgan fingerprint density at radius 1 is 1.57 bits per heavy atom. The Morgan fingerprint density at radius 2 is 2.14 bits per heavy atom. The lowest BCUT2D eigenvalue weighted by Gasteiger charge is -1.94. The summed E-state index contributed by atoms with van der Waals surface area (Å²) in [6, 6.07) is 0.407. The normalized spacial score (nSPS) is 15.3. The molecule has 2 heteroatoms. The van der Waals surface area contributed by atoms with Crippen LogP contribution in [0.2, 0.25) is 0 Å². The maximum atomic E-state index is 3.87. The molecule has 0 aromatic heterocycles. The Labute approximate surface area is 44.6 Å². The van der Waals surface area contributed by atoms with Crippen molar-refractivity contribution in [1.29, 1.82) is 0 Å². The molecule has 0 aromatic carbocycles. The number of hydrogen-bond donors (Lipinski definition) is 0. The highest BCUT2D eigenvalue weighted by Crippen LogP contribution is 1.93. The molecule has 0 fully saturated rings. The second-order valence-electron chi connectivity index (χ2n) is 1.57. The highest BCUT2D eigenvalue weighted by Gasteiger charge is 1.88. The van der Waals surface area contributed by atoms with E-state index >= 15 is 0 Å². The molecule has 42 valence electrons. The van der Waals surface area contributed by atoms with Gasteiger partial charge in [0.25, 0.3) is 0 Å². The molecule has 0 bridgehead atoms. The molecule has 0 saturated carbocycles. The molecule has 0 aliphatic heterocycles. The second kappa shape index (κ2) is 3.78. The van der Waals surface area contributed by atoms with E-state index in [0.29, 0.717) is 6.04 Å². The SMILES string of the molecule is CCC(C)/N=N/C. The van der Waals surface area contributed by atoms with E-state index in [1.165, 1.54) is 0 Å². The van der Waals surface area contributed by atoms with E-state index in [1.807, 2.05) is 6.92 Å². The van der Waals surface area contributed by atoms with Crippen molar-refractivity contribution in [3.8, 4) is 0 Å². The summed E-state index contributed by atoms with van der Waals surface area (Å²) in [4.78, 5) is 0. The van der Waals surface area contributed by atoms with Gasteiger partial charge in [-0.05, 0) is 13.3 Å². The van der Waals surface area contributed by atoms with Gasteiger partial charge >= 0.3 is 0 Å². The lowest BCUT2D eigenvalue weighted by atomic mass is 10.3. The first-order valence-electron chi connectivity index (χ1n) is 2.60. The standard InChI is InChI=1S/C5H12N2/c1-4-5(2)7-6-3/h5H,4H2,1-3H3/b7-6+. The number of nitrogens with zero attached hydrogens (tertiary/aromatic N) is 2. The van der Waals surface area contributed by atoms with Crippen LogP contribution < -0.4 is 0 Å². The highest BCUT2D eigenvalue weighted by molar-refractivity contribution is 4.49. The first kappa shape index (κ1) is 6.60. The third-order valence-electron chi connectivity index (χ3n) is 0.903. The summed E-state index contributed by atoms with van der Waals surface area (Å²) in [6.45, 7) is 4.15. The zero-order valence-electron chi connectivity index (χ0n) is 5.18. The molecule has 0 saturated heterocycles. The van der Waals surface area contributed by atoms with Gasteiger partial charge in [-0.3, -0.25) is 0 Å². The third-order valence-corrected chi connectivity index (χ3v) is 0.903. The van der Waals surface area contributed by atoms with E-state index in [4.69, 9.17) is 0 Å². The fraction of sp³-hybridized carbons (Fsp3) is 1.00. The van der Waals surface area contributed by atoms with Gasteiger partial charge in [0.15, 0.2) is 0 Å². The number of azo groups is 1. The van der Waals surface area contributed by atoms with Gasteiger partial charge in [-0.25, -0.2) is 0 Å². The lowest BCUT2D eigenvalue weighted by molar-refractivity contribution is 0.674. The Hall–Kier alpha value is -0.400. The molecule has 0 aliphatic rings. The van der Waals surface area contributed by atoms with Crippen LogP contribution in [0.15, 0.2) is 10.2 Å². The van der Waals surface area contributed by atoms with Crippen molar-refractivity contribution < 1.29 is 0 Å². The Kier molecular flexibility index (Phi) is 3.56. The van der Waals surface area contributed by atoms with Gasteiger partial charge in [0, 0.05) is 7.05 Å². The van der Waals surface area contributed by atoms with Gasteiger partial charge in [-0.1, -0.05) is 6.92 Å². The predicted octanol–water partition coefficient (Wildman–Crippen LogP) is 1.87. The van der Waals surface area contributed by atoms with Gasteiger partial charge in [0.2, 0.25) is 0 Å². The first-order chi connectivity index (χ1) is 3.31. The topological polar surface area (TPSA) is 24.7 Å². The van der Waals surface area contributed by atoms with Crippen molar-refractivity contribution in [2.24, 2.45) is 10.2 Å². The van der Waals surface area contributed by atoms with Crippen molar-refractivity contribution in [3.05, 3.63) is 0 Å². The summed E-state index contributed by atoms with van der Waals surface area (Å²) < 4.78 is 0. The van der Waals surface area contributed by atoms with Crippen LogP contribution in [0.5, 0.6) is 0 Å². The van der Waals surface area contributed by atoms with E-state index in [9.17, 15) is 0 Å². The molecule has 0 N–H and O–H groups in total. The smallest absolute Gasteiger partial charge is 0.0677 e. The van der Waals surface area contributed by atoms with Gasteiger partial charge in [0.05, 0.1) is 6.04 Å². The summed E-state index contributed by atoms with van der Waals surface area (Å²) in [5.74, 6) is 0. The summed E-state index contributed by atoms with van der Waals surface area (Å²) >= 11 is 0. The molecule has 0 aromatic rings. The van der Waals surface area contributed by atoms with Crippen molar-refractivity contribution in [2.45, 2.75) is 26.3 Å². The molecule has 0 amide bonds. The maximum absolute atomic E-state index is 3.87. The van der Waals surface area contributed by atoms with Gasteiger partial charge in [-0.15, -0.1) is 0 Å². The number of hydrogen-bond acceptors (Lipinski definition) is 2. The Balaban J connectivity index is 3.16. The molecule has 0 rings (SSSR count). The minimum absolute atomic E-state index is 0.407. The predicted molar refractivity (Wildman–Crippen MR) is 30.5 cm³/mol. The van der Waals surface area contributed by atoms with E-state index < -0.39 is 0 Å². The minimum atomic E-state index is 0.407. The van der Waals surface area contributed by atoms with Crippen LogP contribution >= 0.6 is 0 Å². The summed E-state index contributed by atoms with van der Waals surface area (Å²) in [7, 11) is 1.70. The fourth-order valence-electron chi connectivity index (χ4n) is 0.279. The van der Waals surface area contributed by atoms with Crippen molar-refractivity contribution in [3.63, 3.8) is 0 Å². The molecule has 0 spiro atoms. The van der Waals surface area contributed by atoms with Crippen LogP contribution in [0.25, 0.3) is 0 Å². The molecule has 2 nitrogen and oxygen atoms in total. The Bertz CT molecular complexity index is 59.1. The average Bonchev–Trinajstić information content (AvgIpc) is 1.68. The van der Waals surface area contributed by atoms with Gasteiger partial charge in [0.1, 0.15) is 0 Å². The molecule has 0 radical (unpaired) electrons. The van der Waals surface area contributed by atoms with Crippen LogP contribution in [0.3, 0.4) is 0 Å². The van der Waals surface area contributed by atoms with Crippen LogP contribution in [0.1, 0.15) is 20.3 Å². The zero-order chi connectivity index (χ0) is 5.70. The quantitative estimate of drug-likeness (QED) is 0.473. The van der Waals surface area contributed by atoms with Crippen LogP contribution in [-0.2, 0) is 0 Å². The van der Waals surface area contributed by atoms with E-state index in [0.717, 1.165) is 6.42 Å². The van der Waals surface area contributed by atoms with E-state index in [1.54, 1.807) is 7.05 Å². The monoisotopic (exact) mass is 100 g/mol. The first-order valence-corrected chi connectivity index (χ1v) is 2.60. The summed E-state index contributed by atoms with van der Waals surface area (Å²) in [5, 5.41) is 7.50. The van der Waals surface area contributed by atoms with Crippen LogP contribution in [0.4, 0.5) is 0 Å². The Morgan fingerprint density at radius 3 is 2.29 bits per heavy atom. The molecular formula is C5H12N2. The van der Waals surface area contributed by atoms with Gasteiger partial charge < -0.3 is 0 Å². The summed E-state index contributed by atoms with van der Waals surface area (Å²) in [6.07, 6.45) is 1.08. The lowest BCUT2D eigenvalue weighted by Crippen LogP contribution is -1.90. The fourth-order valence-corrected chi connectivity index (χ4v) is 0.279. The molecular weight excluding hydrogens is 88.1 g/mol. The van der Waals surface area contributed by atoms with Crippen molar-refractivity contribution >= 4 is 0 Å². The third kappa shape index (κ3) is 3.43. The number of rotatable bonds is 2. The molecule has 0 heterocycles. The summed E-state index contributed by atoms with van der Waals surface area (Å²) in [5.41, 5.74) is 0. The van der Waals surface area contributed by atoms with E-state index in [-0.39, 0.29) is 0 Å². The second-order valence-corrected chi connectivity index (χ2v) is 1.57. The highest BCUT2D eigenvalue weighted by atomic mass is 15.1. The van der Waals surface area contributed by atoms with Crippen molar-refractivity contribution in [2.75, 3.05) is 7.05 Å². The molecule has 1 atom stereocenters. The molecule has 0 aliphatic carbocycles. The molecule has 1 unspecified atom stereocenters. The largest absolute Gasteiger partial charge is 0.197 e. The van der Waals surface area contributed by atoms with E-state index in [2.05, 4.69) is 17.2 Å². The van der Waals surface area contributed by atoms with Gasteiger partial charge in [-0.2, -0.15) is 10.2 Å². The van der Waals surface area contributed by atoms with Crippen LogP contribution in [-0.4, -0.2) is 13.1 Å².